The van der Waals surface area contributed by atoms with E-state index in [4.69, 9.17) is 19.5 Å². The third-order valence-electron chi connectivity index (χ3n) is 2.22. The average molecular weight is 327 g/mol. The first-order chi connectivity index (χ1) is 9.19. The number of carbonyl (C=O) groups is 2. The van der Waals surface area contributed by atoms with E-state index in [0.717, 1.165) is 18.2 Å². The van der Waals surface area contributed by atoms with Gasteiger partial charge in [0.2, 0.25) is 0 Å². The van der Waals surface area contributed by atoms with Crippen LogP contribution in [-0.2, 0) is 10.1 Å². The van der Waals surface area contributed by atoms with Gasteiger partial charge in [-0.3, -0.25) is 4.55 Å². The maximum atomic E-state index is 10.8. The van der Waals surface area contributed by atoms with Crippen LogP contribution in [0.3, 0.4) is 0 Å². The molecule has 111 valence electrons. The second-order valence-corrected chi connectivity index (χ2v) is 5.42. The normalized spacial score (nSPS) is 10.5. The summed E-state index contributed by atoms with van der Waals surface area (Å²) in [4.78, 5) is 21.7. The maximum absolute atomic E-state index is 10.8. The number of rotatable bonds is 7. The zero-order valence-corrected chi connectivity index (χ0v) is 14.0. The molecule has 0 aliphatic rings. The molecule has 0 aliphatic heterocycles. The van der Waals surface area contributed by atoms with Crippen molar-refractivity contribution in [1.29, 1.82) is 0 Å². The van der Waals surface area contributed by atoms with Gasteiger partial charge >= 0.3 is 11.9 Å². The van der Waals surface area contributed by atoms with Gasteiger partial charge in [0.25, 0.3) is 10.1 Å². The first-order valence-electron chi connectivity index (χ1n) is 5.38. The molecule has 3 N–H and O–H groups in total. The van der Waals surface area contributed by atoms with E-state index in [1.807, 2.05) is 0 Å². The molecule has 8 nitrogen and oxygen atoms in total. The summed E-state index contributed by atoms with van der Waals surface area (Å²) < 4.78 is 34.5. The zero-order valence-electron chi connectivity index (χ0n) is 11.1. The Kier molecular flexibility index (Phi) is 7.90. The van der Waals surface area contributed by atoms with Crippen LogP contribution >= 0.6 is 0 Å². The Labute approximate surface area is 142 Å². The molecule has 0 amide bonds. The summed E-state index contributed by atoms with van der Waals surface area (Å²) in [5, 5.41) is 17.7. The standard InChI is InChI=1S/C11H12O8S.Na/c12-10(13)7-4-8(11(14)15)6-9(5-7)19-2-1-3-20(16,17)18;/h4-6H,1-3H2,(H,12,13)(H,14,15)(H,16,17,18);. The van der Waals surface area contributed by atoms with Gasteiger partial charge in [0.1, 0.15) is 5.75 Å². The van der Waals surface area contributed by atoms with Crippen molar-refractivity contribution < 1.29 is 37.5 Å². The van der Waals surface area contributed by atoms with Crippen LogP contribution in [0.4, 0.5) is 0 Å². The van der Waals surface area contributed by atoms with Gasteiger partial charge in [0, 0.05) is 29.6 Å². The number of aromatic carboxylic acids is 2. The van der Waals surface area contributed by atoms with Crippen molar-refractivity contribution in [2.45, 2.75) is 6.42 Å². The molecule has 0 atom stereocenters. The van der Waals surface area contributed by atoms with Crippen LogP contribution in [0, 0.1) is 0 Å². The van der Waals surface area contributed by atoms with Crippen molar-refractivity contribution >= 4 is 51.6 Å². The Bertz CT molecular complexity index is 593. The van der Waals surface area contributed by atoms with Crippen LogP contribution < -0.4 is 4.74 Å². The molecule has 1 radical (unpaired) electrons. The molecule has 0 saturated carbocycles. The molecule has 0 bridgehead atoms. The molecule has 21 heavy (non-hydrogen) atoms. The Morgan fingerprint density at radius 1 is 1.05 bits per heavy atom. The summed E-state index contributed by atoms with van der Waals surface area (Å²) in [5.74, 6) is -3.12. The van der Waals surface area contributed by atoms with Crippen molar-refractivity contribution in [2.24, 2.45) is 0 Å². The number of hydrogen-bond acceptors (Lipinski definition) is 5. The van der Waals surface area contributed by atoms with Crippen LogP contribution in [0.1, 0.15) is 27.1 Å². The van der Waals surface area contributed by atoms with E-state index in [1.54, 1.807) is 0 Å². The minimum absolute atomic E-state index is 0. The van der Waals surface area contributed by atoms with Crippen LogP contribution in [-0.4, -0.2) is 77.0 Å². The number of ether oxygens (including phenoxy) is 1. The number of hydrogen-bond donors (Lipinski definition) is 3. The van der Waals surface area contributed by atoms with Crippen molar-refractivity contribution in [3.63, 3.8) is 0 Å². The van der Waals surface area contributed by atoms with Gasteiger partial charge < -0.3 is 14.9 Å². The van der Waals surface area contributed by atoms with Gasteiger partial charge in [-0.2, -0.15) is 8.42 Å². The molecule has 0 aliphatic carbocycles. The Balaban J connectivity index is 0.00000400. The SMILES string of the molecule is O=C(O)c1cc(OCCCS(=O)(=O)O)cc(C(=O)O)c1.[Na]. The maximum Gasteiger partial charge on any atom is 0.335 e. The van der Waals surface area contributed by atoms with Gasteiger partial charge in [-0.15, -0.1) is 0 Å². The predicted octanol–water partition coefficient (Wildman–Crippen LogP) is 0.359. The minimum atomic E-state index is -4.09. The fraction of sp³-hybridized carbons (Fsp3) is 0.273. The molecule has 10 heteroatoms. The summed E-state index contributed by atoms with van der Waals surface area (Å²) in [6, 6.07) is 3.24. The monoisotopic (exact) mass is 327 g/mol. The Morgan fingerprint density at radius 3 is 1.90 bits per heavy atom. The molecule has 0 spiro atoms. The topological polar surface area (TPSA) is 138 Å². The molecule has 0 fully saturated rings. The molecular formula is C11H12NaO8S. The molecule has 0 unspecified atom stereocenters. The first kappa shape index (κ1) is 19.9. The second kappa shape index (κ2) is 8.35. The van der Waals surface area contributed by atoms with Gasteiger partial charge in [-0.1, -0.05) is 0 Å². The fourth-order valence-corrected chi connectivity index (χ4v) is 1.84. The third kappa shape index (κ3) is 7.44. The second-order valence-electron chi connectivity index (χ2n) is 3.84. The van der Waals surface area contributed by atoms with E-state index in [0.29, 0.717) is 0 Å². The van der Waals surface area contributed by atoms with Crippen molar-refractivity contribution in [3.05, 3.63) is 29.3 Å². The summed E-state index contributed by atoms with van der Waals surface area (Å²) in [7, 11) is -4.09. The van der Waals surface area contributed by atoms with E-state index in [9.17, 15) is 18.0 Å². The average Bonchev–Trinajstić information content (AvgIpc) is 2.33. The Hall–Kier alpha value is -1.13. The number of carboxylic acids is 2. The zero-order chi connectivity index (χ0) is 15.3. The number of benzene rings is 1. The third-order valence-corrected chi connectivity index (χ3v) is 3.02. The molecule has 1 rings (SSSR count). The molecule has 1 aromatic rings. The predicted molar refractivity (Wildman–Crippen MR) is 72.6 cm³/mol. The first-order valence-corrected chi connectivity index (χ1v) is 6.99. The summed E-state index contributed by atoms with van der Waals surface area (Å²) in [6.07, 6.45) is -0.0153. The van der Waals surface area contributed by atoms with Gasteiger partial charge in [-0.25, -0.2) is 9.59 Å². The van der Waals surface area contributed by atoms with Crippen LogP contribution in [0.5, 0.6) is 5.75 Å². The largest absolute Gasteiger partial charge is 0.494 e. The molecule has 0 aromatic heterocycles. The summed E-state index contributed by atoms with van der Waals surface area (Å²) >= 11 is 0. The van der Waals surface area contributed by atoms with Crippen LogP contribution in [0.25, 0.3) is 0 Å². The van der Waals surface area contributed by atoms with Crippen molar-refractivity contribution in [3.8, 4) is 5.75 Å². The van der Waals surface area contributed by atoms with Gasteiger partial charge in [0.15, 0.2) is 0 Å². The Morgan fingerprint density at radius 2 is 1.52 bits per heavy atom. The molecule has 0 heterocycles. The molecule has 0 saturated heterocycles. The molecular weight excluding hydrogens is 315 g/mol. The van der Waals surface area contributed by atoms with E-state index >= 15 is 0 Å². The van der Waals surface area contributed by atoms with E-state index in [1.165, 1.54) is 0 Å². The van der Waals surface area contributed by atoms with Crippen molar-refractivity contribution in [1.82, 2.24) is 0 Å². The quantitative estimate of drug-likeness (QED) is 0.371. The fourth-order valence-electron chi connectivity index (χ4n) is 1.36. The van der Waals surface area contributed by atoms with Gasteiger partial charge in [-0.05, 0) is 24.6 Å². The van der Waals surface area contributed by atoms with E-state index in [2.05, 4.69) is 0 Å². The summed E-state index contributed by atoms with van der Waals surface area (Å²) in [6.45, 7) is -0.109. The van der Waals surface area contributed by atoms with E-state index in [-0.39, 0.29) is 59.5 Å². The van der Waals surface area contributed by atoms with Gasteiger partial charge in [0.05, 0.1) is 23.5 Å². The number of carboxylic acid groups (broad SMARTS) is 2. The smallest absolute Gasteiger partial charge is 0.335 e. The van der Waals surface area contributed by atoms with E-state index < -0.39 is 27.8 Å². The molecule has 1 aromatic carbocycles. The van der Waals surface area contributed by atoms with Crippen LogP contribution in [0.15, 0.2) is 18.2 Å². The van der Waals surface area contributed by atoms with Crippen LogP contribution in [0.2, 0.25) is 0 Å². The minimum Gasteiger partial charge on any atom is -0.494 e. The van der Waals surface area contributed by atoms with Crippen molar-refractivity contribution in [2.75, 3.05) is 12.4 Å². The summed E-state index contributed by atoms with van der Waals surface area (Å²) in [5.41, 5.74) is -0.510.